The smallest absolute Gasteiger partial charge is 0.227 e. The average Bonchev–Trinajstić information content (AvgIpc) is 2.75. The molecule has 0 radical (unpaired) electrons. The van der Waals surface area contributed by atoms with Gasteiger partial charge in [-0.05, 0) is 56.5 Å². The molecule has 0 aromatic heterocycles. The largest absolute Gasteiger partial charge is 0.508 e. The minimum Gasteiger partial charge on any atom is -0.508 e. The topological polar surface area (TPSA) is 56.2 Å². The maximum atomic E-state index is 13.1. The number of nitrogens with zero attached hydrogens (tertiary/aromatic N) is 3. The number of piperazine rings is 1. The SMILES string of the molecule is O=C(C1CCCN(C2CCOCC2)C1)N1CCN(c2ccc(O)cc2)CC1. The number of likely N-dealkylation sites (tertiary alicyclic amines) is 1. The second-order valence-electron chi connectivity index (χ2n) is 8.01. The molecule has 1 atom stereocenters. The van der Waals surface area contributed by atoms with Gasteiger partial charge in [0.25, 0.3) is 0 Å². The summed E-state index contributed by atoms with van der Waals surface area (Å²) in [5, 5.41) is 9.45. The van der Waals surface area contributed by atoms with Crippen molar-refractivity contribution in [3.05, 3.63) is 24.3 Å². The normalized spacial score (nSPS) is 25.6. The van der Waals surface area contributed by atoms with Crippen molar-refractivity contribution in [2.75, 3.05) is 57.4 Å². The zero-order valence-electron chi connectivity index (χ0n) is 16.1. The Labute approximate surface area is 161 Å². The Morgan fingerprint density at radius 3 is 2.37 bits per heavy atom. The van der Waals surface area contributed by atoms with Crippen LogP contribution in [0.2, 0.25) is 0 Å². The van der Waals surface area contributed by atoms with Gasteiger partial charge < -0.3 is 19.6 Å². The maximum Gasteiger partial charge on any atom is 0.227 e. The van der Waals surface area contributed by atoms with Crippen molar-refractivity contribution in [1.82, 2.24) is 9.80 Å². The van der Waals surface area contributed by atoms with Crippen molar-refractivity contribution in [3.63, 3.8) is 0 Å². The summed E-state index contributed by atoms with van der Waals surface area (Å²) in [4.78, 5) is 20.0. The summed E-state index contributed by atoms with van der Waals surface area (Å²) < 4.78 is 5.49. The van der Waals surface area contributed by atoms with Gasteiger partial charge in [0.1, 0.15) is 5.75 Å². The van der Waals surface area contributed by atoms with E-state index in [9.17, 15) is 9.90 Å². The molecule has 3 aliphatic heterocycles. The molecule has 6 heteroatoms. The van der Waals surface area contributed by atoms with E-state index in [1.54, 1.807) is 12.1 Å². The average molecular weight is 373 g/mol. The van der Waals surface area contributed by atoms with Crippen LogP contribution in [0.1, 0.15) is 25.7 Å². The zero-order valence-corrected chi connectivity index (χ0v) is 16.1. The zero-order chi connectivity index (χ0) is 18.6. The Kier molecular flexibility index (Phi) is 5.83. The van der Waals surface area contributed by atoms with Crippen LogP contribution >= 0.6 is 0 Å². The number of carbonyl (C=O) groups excluding carboxylic acids is 1. The molecule has 0 bridgehead atoms. The molecule has 1 amide bonds. The maximum absolute atomic E-state index is 13.1. The molecule has 3 saturated heterocycles. The van der Waals surface area contributed by atoms with Crippen LogP contribution in [0.5, 0.6) is 5.75 Å². The second-order valence-corrected chi connectivity index (χ2v) is 8.01. The number of phenols is 1. The van der Waals surface area contributed by atoms with E-state index in [1.165, 1.54) is 0 Å². The van der Waals surface area contributed by atoms with Crippen LogP contribution in [0, 0.1) is 5.92 Å². The third-order valence-electron chi connectivity index (χ3n) is 6.32. The lowest BCUT2D eigenvalue weighted by Gasteiger charge is -2.42. The van der Waals surface area contributed by atoms with E-state index in [2.05, 4.69) is 14.7 Å². The van der Waals surface area contributed by atoms with Crippen LogP contribution < -0.4 is 4.90 Å². The molecule has 1 aromatic rings. The third kappa shape index (κ3) is 4.38. The quantitative estimate of drug-likeness (QED) is 0.877. The number of amides is 1. The molecule has 0 aliphatic carbocycles. The van der Waals surface area contributed by atoms with E-state index < -0.39 is 0 Å². The van der Waals surface area contributed by atoms with Crippen LogP contribution in [0.3, 0.4) is 0 Å². The highest BCUT2D eigenvalue weighted by Crippen LogP contribution is 2.26. The molecule has 0 spiro atoms. The Hall–Kier alpha value is -1.79. The summed E-state index contributed by atoms with van der Waals surface area (Å²) in [7, 11) is 0. The first-order valence-electron chi connectivity index (χ1n) is 10.4. The van der Waals surface area contributed by atoms with Gasteiger partial charge in [0.2, 0.25) is 5.91 Å². The summed E-state index contributed by atoms with van der Waals surface area (Å²) in [6.07, 6.45) is 4.36. The van der Waals surface area contributed by atoms with E-state index in [1.807, 2.05) is 12.1 Å². The molecular formula is C21H31N3O3. The second kappa shape index (κ2) is 8.48. The van der Waals surface area contributed by atoms with Crippen molar-refractivity contribution in [3.8, 4) is 5.75 Å². The van der Waals surface area contributed by atoms with Gasteiger partial charge in [-0.3, -0.25) is 9.69 Å². The first-order valence-corrected chi connectivity index (χ1v) is 10.4. The highest BCUT2D eigenvalue weighted by molar-refractivity contribution is 5.79. The van der Waals surface area contributed by atoms with Crippen molar-refractivity contribution < 1.29 is 14.6 Å². The molecule has 1 unspecified atom stereocenters. The van der Waals surface area contributed by atoms with Gasteiger partial charge in [0.15, 0.2) is 0 Å². The van der Waals surface area contributed by atoms with E-state index >= 15 is 0 Å². The van der Waals surface area contributed by atoms with Crippen LogP contribution in [-0.4, -0.2) is 79.3 Å². The summed E-state index contributed by atoms with van der Waals surface area (Å²) in [5.41, 5.74) is 1.11. The Bertz CT molecular complexity index is 622. The fraction of sp³-hybridized carbons (Fsp3) is 0.667. The number of hydrogen-bond acceptors (Lipinski definition) is 5. The Balaban J connectivity index is 1.30. The monoisotopic (exact) mass is 373 g/mol. The highest BCUT2D eigenvalue weighted by atomic mass is 16.5. The molecule has 148 valence electrons. The molecule has 1 N–H and O–H groups in total. The molecule has 3 heterocycles. The van der Waals surface area contributed by atoms with Gasteiger partial charge in [-0.25, -0.2) is 0 Å². The first-order chi connectivity index (χ1) is 13.2. The molecule has 4 rings (SSSR count). The number of aromatic hydroxyl groups is 1. The first kappa shape index (κ1) is 18.6. The molecule has 3 aliphatic rings. The predicted octanol–water partition coefficient (Wildman–Crippen LogP) is 1.93. The van der Waals surface area contributed by atoms with Crippen molar-refractivity contribution in [1.29, 1.82) is 0 Å². The van der Waals surface area contributed by atoms with Gasteiger partial charge in [-0.1, -0.05) is 0 Å². The number of ether oxygens (including phenoxy) is 1. The van der Waals surface area contributed by atoms with Crippen molar-refractivity contribution >= 4 is 11.6 Å². The summed E-state index contributed by atoms with van der Waals surface area (Å²) in [6.45, 7) is 7.05. The number of hydrogen-bond donors (Lipinski definition) is 1. The molecule has 1 aromatic carbocycles. The third-order valence-corrected chi connectivity index (χ3v) is 6.32. The van der Waals surface area contributed by atoms with Gasteiger partial charge >= 0.3 is 0 Å². The number of rotatable bonds is 3. The Morgan fingerprint density at radius 2 is 1.67 bits per heavy atom. The Morgan fingerprint density at radius 1 is 0.963 bits per heavy atom. The molecule has 27 heavy (non-hydrogen) atoms. The predicted molar refractivity (Wildman–Crippen MR) is 105 cm³/mol. The van der Waals surface area contributed by atoms with Crippen LogP contribution in [0.4, 0.5) is 5.69 Å². The highest BCUT2D eigenvalue weighted by Gasteiger charge is 2.33. The summed E-state index contributed by atoms with van der Waals surface area (Å²) >= 11 is 0. The minimum atomic E-state index is 0.154. The molecular weight excluding hydrogens is 342 g/mol. The van der Waals surface area contributed by atoms with Crippen LogP contribution in [0.25, 0.3) is 0 Å². The van der Waals surface area contributed by atoms with Gasteiger partial charge in [-0.15, -0.1) is 0 Å². The van der Waals surface area contributed by atoms with Crippen LogP contribution in [0.15, 0.2) is 24.3 Å². The number of phenolic OH excluding ortho intramolecular Hbond substituents is 1. The van der Waals surface area contributed by atoms with Crippen LogP contribution in [-0.2, 0) is 9.53 Å². The van der Waals surface area contributed by atoms with Gasteiger partial charge in [-0.2, -0.15) is 0 Å². The number of benzene rings is 1. The summed E-state index contributed by atoms with van der Waals surface area (Å²) in [6, 6.07) is 7.93. The molecule has 6 nitrogen and oxygen atoms in total. The van der Waals surface area contributed by atoms with E-state index in [-0.39, 0.29) is 5.92 Å². The number of anilines is 1. The van der Waals surface area contributed by atoms with E-state index in [4.69, 9.17) is 4.74 Å². The van der Waals surface area contributed by atoms with E-state index in [0.717, 1.165) is 83.9 Å². The lowest BCUT2D eigenvalue weighted by atomic mass is 9.93. The van der Waals surface area contributed by atoms with E-state index in [0.29, 0.717) is 17.7 Å². The number of carbonyl (C=O) groups is 1. The fourth-order valence-corrected chi connectivity index (χ4v) is 4.70. The molecule has 3 fully saturated rings. The molecule has 0 saturated carbocycles. The number of piperidine rings is 1. The fourth-order valence-electron chi connectivity index (χ4n) is 4.70. The lowest BCUT2D eigenvalue weighted by molar-refractivity contribution is -0.138. The van der Waals surface area contributed by atoms with Gasteiger partial charge in [0.05, 0.1) is 5.92 Å². The van der Waals surface area contributed by atoms with Gasteiger partial charge in [0, 0.05) is 57.7 Å². The van der Waals surface area contributed by atoms with Crippen molar-refractivity contribution in [2.24, 2.45) is 5.92 Å². The summed E-state index contributed by atoms with van der Waals surface area (Å²) in [5.74, 6) is 0.790. The lowest BCUT2D eigenvalue weighted by Crippen LogP contribution is -2.54. The standard InChI is InChI=1S/C21H31N3O3/c25-20-5-3-18(4-6-20)22-10-12-23(13-11-22)21(26)17-2-1-9-24(16-17)19-7-14-27-15-8-19/h3-6,17,19,25H,1-2,7-16H2. The van der Waals surface area contributed by atoms with Crippen molar-refractivity contribution in [2.45, 2.75) is 31.7 Å². The minimum absolute atomic E-state index is 0.154.